The van der Waals surface area contributed by atoms with Gasteiger partial charge < -0.3 is 15.8 Å². The zero-order valence-corrected chi connectivity index (χ0v) is 7.45. The van der Waals surface area contributed by atoms with Crippen LogP contribution in [0.5, 0.6) is 0 Å². The minimum Gasteiger partial charge on any atom is -0.431 e. The summed E-state index contributed by atoms with van der Waals surface area (Å²) in [4.78, 5) is 10.8. The van der Waals surface area contributed by atoms with E-state index in [1.54, 1.807) is 0 Å². The third-order valence-corrected chi connectivity index (χ3v) is 1.24. The van der Waals surface area contributed by atoms with Crippen molar-refractivity contribution in [3.63, 3.8) is 0 Å². The average Bonchev–Trinajstić information content (AvgIpc) is 1.85. The predicted molar refractivity (Wildman–Crippen MR) is 45.8 cm³/mol. The minimum absolute atomic E-state index is 0.541. The summed E-state index contributed by atoms with van der Waals surface area (Å²) in [5, 5.41) is 8.71. The largest absolute Gasteiger partial charge is 0.431 e. The number of guanidine groups is 1. The van der Waals surface area contributed by atoms with E-state index < -0.39 is 16.4 Å². The number of alkyl halides is 2. The topological polar surface area (TPSA) is 88.2 Å². The van der Waals surface area contributed by atoms with Gasteiger partial charge in [-0.15, -0.1) is 0 Å². The molecular weight excluding hydrogens is 205 g/mol. The van der Waals surface area contributed by atoms with Crippen molar-refractivity contribution in [3.8, 4) is 0 Å². The third kappa shape index (κ3) is 3.45. The highest BCUT2D eigenvalue weighted by Crippen LogP contribution is 2.18. The molecule has 0 saturated carbocycles. The maximum atomic E-state index is 10.8. The van der Waals surface area contributed by atoms with Crippen molar-refractivity contribution in [2.75, 3.05) is 0 Å². The van der Waals surface area contributed by atoms with E-state index in [4.69, 9.17) is 34.3 Å². The Morgan fingerprint density at radius 1 is 1.75 bits per heavy atom. The van der Waals surface area contributed by atoms with Crippen molar-refractivity contribution in [1.29, 1.82) is 5.41 Å². The number of halogens is 2. The van der Waals surface area contributed by atoms with E-state index in [1.165, 1.54) is 0 Å². The molecule has 0 atom stereocenters. The molecule has 0 radical (unpaired) electrons. The van der Waals surface area contributed by atoms with Gasteiger partial charge in [-0.1, -0.05) is 29.8 Å². The maximum absolute atomic E-state index is 10.8. The molecule has 0 aromatic rings. The number of hydrogen-bond donors (Lipinski definition) is 3. The van der Waals surface area contributed by atoms with Gasteiger partial charge in [-0.05, 0) is 0 Å². The van der Waals surface area contributed by atoms with E-state index >= 15 is 0 Å². The Morgan fingerprint density at radius 3 is 2.58 bits per heavy atom. The molecule has 0 aromatic heterocycles. The minimum atomic E-state index is -2.06. The van der Waals surface area contributed by atoms with Crippen molar-refractivity contribution in [1.82, 2.24) is 5.32 Å². The zero-order chi connectivity index (χ0) is 9.78. The fraction of sp³-hybridized carbons (Fsp3) is 0.200. The molecule has 0 fully saturated rings. The molecule has 0 saturated heterocycles. The van der Waals surface area contributed by atoms with Gasteiger partial charge in [0.2, 0.25) is 0 Å². The molecule has 12 heavy (non-hydrogen) atoms. The number of hydrogen-bond acceptors (Lipinski definition) is 3. The van der Waals surface area contributed by atoms with Gasteiger partial charge in [-0.2, -0.15) is 0 Å². The van der Waals surface area contributed by atoms with E-state index in [0.29, 0.717) is 0 Å². The monoisotopic (exact) mass is 211 g/mol. The first kappa shape index (κ1) is 11.1. The van der Waals surface area contributed by atoms with Crippen LogP contribution in [0, 0.1) is 5.41 Å². The summed E-state index contributed by atoms with van der Waals surface area (Å²) in [6, 6.07) is 0. The van der Waals surface area contributed by atoms with Crippen molar-refractivity contribution in [2.45, 2.75) is 4.46 Å². The highest BCUT2D eigenvalue weighted by molar-refractivity contribution is 6.57. The van der Waals surface area contributed by atoms with Crippen LogP contribution in [0.1, 0.15) is 0 Å². The van der Waals surface area contributed by atoms with E-state index in [0.717, 1.165) is 6.26 Å². The van der Waals surface area contributed by atoms with Gasteiger partial charge >= 0.3 is 5.97 Å². The second-order valence-electron chi connectivity index (χ2n) is 1.69. The molecule has 0 heterocycles. The molecule has 0 aromatic carbocycles. The standard InChI is InChI=1S/C5H7Cl2N3O2/c1-2-12-3(11)5(6,7)10-4(8)9/h2H,1H2,(H4,8,9,10). The number of nitrogens with two attached hydrogens (primary N) is 1. The SMILES string of the molecule is C=COC(=O)C(Cl)(Cl)NC(=N)N. The lowest BCUT2D eigenvalue weighted by molar-refractivity contribution is -0.139. The second kappa shape index (κ2) is 4.18. The van der Waals surface area contributed by atoms with Crippen LogP contribution in [0.15, 0.2) is 12.8 Å². The molecule has 0 aliphatic heterocycles. The first-order valence-corrected chi connectivity index (χ1v) is 3.47. The number of esters is 1. The number of ether oxygens (including phenoxy) is 1. The van der Waals surface area contributed by atoms with Crippen molar-refractivity contribution in [3.05, 3.63) is 12.8 Å². The number of nitrogens with one attached hydrogen (secondary N) is 2. The van der Waals surface area contributed by atoms with E-state index in [2.05, 4.69) is 11.3 Å². The summed E-state index contributed by atoms with van der Waals surface area (Å²) in [5.74, 6) is -1.54. The lowest BCUT2D eigenvalue weighted by Gasteiger charge is -2.17. The fourth-order valence-electron chi connectivity index (χ4n) is 0.370. The average molecular weight is 212 g/mol. The Kier molecular flexibility index (Phi) is 3.85. The molecule has 7 heteroatoms. The van der Waals surface area contributed by atoms with Crippen LogP contribution in [0.2, 0.25) is 0 Å². The van der Waals surface area contributed by atoms with Crippen LogP contribution < -0.4 is 11.1 Å². The van der Waals surface area contributed by atoms with Crippen LogP contribution in [0.4, 0.5) is 0 Å². The van der Waals surface area contributed by atoms with Gasteiger partial charge in [-0.3, -0.25) is 5.41 Å². The Morgan fingerprint density at radius 2 is 2.25 bits per heavy atom. The lowest BCUT2D eigenvalue weighted by Crippen LogP contribution is -2.48. The summed E-state index contributed by atoms with van der Waals surface area (Å²) < 4.78 is 2.20. The van der Waals surface area contributed by atoms with Crippen LogP contribution >= 0.6 is 23.2 Å². The van der Waals surface area contributed by atoms with Crippen LogP contribution in [-0.4, -0.2) is 16.4 Å². The van der Waals surface area contributed by atoms with Crippen LogP contribution in [0.3, 0.4) is 0 Å². The van der Waals surface area contributed by atoms with Gasteiger partial charge in [0.15, 0.2) is 5.96 Å². The Balaban J connectivity index is 4.27. The van der Waals surface area contributed by atoms with Gasteiger partial charge in [0.25, 0.3) is 4.46 Å². The molecule has 0 rings (SSSR count). The molecular formula is C5H7Cl2N3O2. The second-order valence-corrected chi connectivity index (χ2v) is 3.01. The smallest absolute Gasteiger partial charge is 0.368 e. The summed E-state index contributed by atoms with van der Waals surface area (Å²) in [5.41, 5.74) is 4.88. The predicted octanol–water partition coefficient (Wildman–Crippen LogP) is 0.288. The number of rotatable bonds is 3. The zero-order valence-electron chi connectivity index (χ0n) is 5.93. The third-order valence-electron chi connectivity index (χ3n) is 0.738. The number of carbonyl (C=O) groups excluding carboxylic acids is 1. The van der Waals surface area contributed by atoms with Crippen molar-refractivity contribution < 1.29 is 9.53 Å². The fourth-order valence-corrected chi connectivity index (χ4v) is 0.663. The van der Waals surface area contributed by atoms with Gasteiger partial charge in [-0.25, -0.2) is 4.79 Å². The molecule has 0 amide bonds. The van der Waals surface area contributed by atoms with Gasteiger partial charge in [0.1, 0.15) is 0 Å². The first-order chi connectivity index (χ1) is 5.40. The quantitative estimate of drug-likeness (QED) is 0.156. The van der Waals surface area contributed by atoms with E-state index in [-0.39, 0.29) is 0 Å². The molecule has 5 nitrogen and oxygen atoms in total. The van der Waals surface area contributed by atoms with E-state index in [9.17, 15) is 4.79 Å². The van der Waals surface area contributed by atoms with Crippen LogP contribution in [0.25, 0.3) is 0 Å². The highest BCUT2D eigenvalue weighted by atomic mass is 35.5. The van der Waals surface area contributed by atoms with Crippen molar-refractivity contribution in [2.24, 2.45) is 5.73 Å². The Hall–Kier alpha value is -0.940. The molecule has 0 aliphatic carbocycles. The van der Waals surface area contributed by atoms with Gasteiger partial charge in [0, 0.05) is 0 Å². The summed E-state index contributed by atoms with van der Waals surface area (Å²) in [6.07, 6.45) is 0.865. The van der Waals surface area contributed by atoms with Gasteiger partial charge in [0.05, 0.1) is 6.26 Å². The summed E-state index contributed by atoms with van der Waals surface area (Å²) in [6.45, 7) is 3.12. The lowest BCUT2D eigenvalue weighted by atomic mass is 10.6. The number of carbonyl (C=O) groups is 1. The summed E-state index contributed by atoms with van der Waals surface area (Å²) >= 11 is 10.7. The van der Waals surface area contributed by atoms with Crippen molar-refractivity contribution >= 4 is 35.1 Å². The Bertz CT molecular complexity index is 217. The molecule has 0 aliphatic rings. The molecule has 68 valence electrons. The molecule has 0 unspecified atom stereocenters. The Labute approximate surface area is 79.0 Å². The van der Waals surface area contributed by atoms with Crippen LogP contribution in [-0.2, 0) is 9.53 Å². The normalized spacial score (nSPS) is 10.2. The molecule has 0 spiro atoms. The highest BCUT2D eigenvalue weighted by Gasteiger charge is 2.35. The first-order valence-electron chi connectivity index (χ1n) is 2.72. The summed E-state index contributed by atoms with van der Waals surface area (Å²) in [7, 11) is 0. The maximum Gasteiger partial charge on any atom is 0.368 e. The van der Waals surface area contributed by atoms with E-state index in [1.807, 2.05) is 5.32 Å². The molecule has 4 N–H and O–H groups in total. The molecule has 0 bridgehead atoms.